The summed E-state index contributed by atoms with van der Waals surface area (Å²) in [5.41, 5.74) is 1.14. The first-order chi connectivity index (χ1) is 9.70. The number of ether oxygens (including phenoxy) is 2. The lowest BCUT2D eigenvalue weighted by molar-refractivity contribution is -0.137. The smallest absolute Gasteiger partial charge is 0.260 e. The van der Waals surface area contributed by atoms with Crippen LogP contribution in [-0.2, 0) is 9.53 Å². The minimum atomic E-state index is 0.0142. The molecule has 0 bridgehead atoms. The zero-order valence-electron chi connectivity index (χ0n) is 12.1. The second kappa shape index (κ2) is 7.26. The number of carbonyl (C=O) groups excluding carboxylic acids is 1. The molecule has 1 aliphatic rings. The summed E-state index contributed by atoms with van der Waals surface area (Å²) in [5.74, 6) is 0.742. The summed E-state index contributed by atoms with van der Waals surface area (Å²) in [5, 5.41) is 3.18. The van der Waals surface area contributed by atoms with E-state index in [0.717, 1.165) is 11.3 Å². The van der Waals surface area contributed by atoms with Gasteiger partial charge in [0, 0.05) is 19.1 Å². The van der Waals surface area contributed by atoms with Crippen LogP contribution >= 0.6 is 0 Å². The maximum atomic E-state index is 12.0. The average Bonchev–Trinajstić information content (AvgIpc) is 2.53. The summed E-state index contributed by atoms with van der Waals surface area (Å²) in [7, 11) is 1.92. The van der Waals surface area contributed by atoms with Gasteiger partial charge in [-0.3, -0.25) is 4.79 Å². The van der Waals surface area contributed by atoms with Gasteiger partial charge in [-0.2, -0.15) is 0 Å². The average molecular weight is 278 g/mol. The Morgan fingerprint density at radius 1 is 1.45 bits per heavy atom. The zero-order chi connectivity index (χ0) is 14.4. The lowest BCUT2D eigenvalue weighted by Gasteiger charge is -2.26. The number of nitrogens with zero attached hydrogens (tertiary/aromatic N) is 1. The SMILES string of the molecule is CNC(C)c1cccc(OCC(=O)N2CCOCC2)c1. The third kappa shape index (κ3) is 3.95. The molecule has 0 aliphatic carbocycles. The fraction of sp³-hybridized carbons (Fsp3) is 0.533. The molecule has 1 aromatic rings. The number of benzene rings is 1. The maximum absolute atomic E-state index is 12.0. The third-order valence-corrected chi connectivity index (χ3v) is 3.52. The van der Waals surface area contributed by atoms with Crippen molar-refractivity contribution >= 4 is 5.91 Å². The summed E-state index contributed by atoms with van der Waals surface area (Å²) in [4.78, 5) is 13.8. The molecule has 5 heteroatoms. The van der Waals surface area contributed by atoms with Gasteiger partial charge >= 0.3 is 0 Å². The molecule has 1 aromatic carbocycles. The predicted molar refractivity (Wildman–Crippen MR) is 76.8 cm³/mol. The monoisotopic (exact) mass is 278 g/mol. The summed E-state index contributed by atoms with van der Waals surface area (Å²) >= 11 is 0. The van der Waals surface area contributed by atoms with E-state index in [2.05, 4.69) is 12.2 Å². The number of carbonyl (C=O) groups is 1. The van der Waals surface area contributed by atoms with E-state index in [9.17, 15) is 4.79 Å². The second-order valence-corrected chi connectivity index (χ2v) is 4.86. The van der Waals surface area contributed by atoms with Crippen molar-refractivity contribution < 1.29 is 14.3 Å². The number of hydrogen-bond donors (Lipinski definition) is 1. The number of hydrogen-bond acceptors (Lipinski definition) is 4. The highest BCUT2D eigenvalue weighted by molar-refractivity contribution is 5.77. The van der Waals surface area contributed by atoms with Gasteiger partial charge < -0.3 is 19.7 Å². The summed E-state index contributed by atoms with van der Waals surface area (Å²) in [6.45, 7) is 4.69. The van der Waals surface area contributed by atoms with E-state index in [1.165, 1.54) is 0 Å². The molecule has 0 spiro atoms. The van der Waals surface area contributed by atoms with Crippen molar-refractivity contribution in [1.29, 1.82) is 0 Å². The second-order valence-electron chi connectivity index (χ2n) is 4.86. The molecule has 20 heavy (non-hydrogen) atoms. The van der Waals surface area contributed by atoms with Gasteiger partial charge in [0.15, 0.2) is 6.61 Å². The van der Waals surface area contributed by atoms with Crippen molar-refractivity contribution in [2.45, 2.75) is 13.0 Å². The Kier molecular flexibility index (Phi) is 5.38. The first kappa shape index (κ1) is 14.8. The summed E-state index contributed by atoms with van der Waals surface area (Å²) in [6.07, 6.45) is 0. The van der Waals surface area contributed by atoms with E-state index in [0.29, 0.717) is 26.3 Å². The molecular weight excluding hydrogens is 256 g/mol. The van der Waals surface area contributed by atoms with E-state index in [1.807, 2.05) is 31.3 Å². The molecule has 1 atom stereocenters. The van der Waals surface area contributed by atoms with Crippen LogP contribution in [0.1, 0.15) is 18.5 Å². The largest absolute Gasteiger partial charge is 0.484 e. The van der Waals surface area contributed by atoms with Crippen molar-refractivity contribution in [3.63, 3.8) is 0 Å². The molecule has 0 saturated carbocycles. The standard InChI is InChI=1S/C15H22N2O3/c1-12(16-2)13-4-3-5-14(10-13)20-11-15(18)17-6-8-19-9-7-17/h3-5,10,12,16H,6-9,11H2,1-2H3. The zero-order valence-corrected chi connectivity index (χ0v) is 12.1. The number of morpholine rings is 1. The van der Waals surface area contributed by atoms with Crippen molar-refractivity contribution in [2.24, 2.45) is 0 Å². The Bertz CT molecular complexity index is 444. The Morgan fingerprint density at radius 3 is 2.90 bits per heavy atom. The molecule has 110 valence electrons. The van der Waals surface area contributed by atoms with Gasteiger partial charge in [0.25, 0.3) is 5.91 Å². The molecule has 0 radical (unpaired) electrons. The lowest BCUT2D eigenvalue weighted by atomic mass is 10.1. The van der Waals surface area contributed by atoms with Crippen LogP contribution in [0.15, 0.2) is 24.3 Å². The van der Waals surface area contributed by atoms with Crippen LogP contribution in [-0.4, -0.2) is 50.8 Å². The van der Waals surface area contributed by atoms with Crippen molar-refractivity contribution in [3.05, 3.63) is 29.8 Å². The van der Waals surface area contributed by atoms with Gasteiger partial charge in [0.2, 0.25) is 0 Å². The van der Waals surface area contributed by atoms with Crippen LogP contribution < -0.4 is 10.1 Å². The highest BCUT2D eigenvalue weighted by Gasteiger charge is 2.17. The van der Waals surface area contributed by atoms with E-state index < -0.39 is 0 Å². The van der Waals surface area contributed by atoms with Crippen molar-refractivity contribution in [2.75, 3.05) is 40.0 Å². The fourth-order valence-corrected chi connectivity index (χ4v) is 2.09. The summed E-state index contributed by atoms with van der Waals surface area (Å²) in [6, 6.07) is 8.08. The minimum Gasteiger partial charge on any atom is -0.484 e. The minimum absolute atomic E-state index is 0.0142. The third-order valence-electron chi connectivity index (χ3n) is 3.52. The molecular formula is C15H22N2O3. The van der Waals surface area contributed by atoms with E-state index in [1.54, 1.807) is 4.90 Å². The van der Waals surface area contributed by atoms with Gasteiger partial charge in [-0.15, -0.1) is 0 Å². The van der Waals surface area contributed by atoms with Crippen LogP contribution in [0.25, 0.3) is 0 Å². The molecule has 1 amide bonds. The van der Waals surface area contributed by atoms with Gasteiger partial charge in [-0.1, -0.05) is 12.1 Å². The predicted octanol–water partition coefficient (Wildman–Crippen LogP) is 1.20. The summed E-state index contributed by atoms with van der Waals surface area (Å²) < 4.78 is 10.8. The van der Waals surface area contributed by atoms with Gasteiger partial charge in [0.05, 0.1) is 13.2 Å². The molecule has 5 nitrogen and oxygen atoms in total. The van der Waals surface area contributed by atoms with Gasteiger partial charge in [-0.25, -0.2) is 0 Å². The maximum Gasteiger partial charge on any atom is 0.260 e. The Balaban J connectivity index is 1.88. The molecule has 2 rings (SSSR count). The Labute approximate surface area is 119 Å². The highest BCUT2D eigenvalue weighted by atomic mass is 16.5. The normalized spacial score (nSPS) is 16.8. The topological polar surface area (TPSA) is 50.8 Å². The Hall–Kier alpha value is -1.59. The molecule has 1 fully saturated rings. The molecule has 1 unspecified atom stereocenters. The van der Waals surface area contributed by atoms with E-state index >= 15 is 0 Å². The number of nitrogens with one attached hydrogen (secondary N) is 1. The molecule has 1 heterocycles. The fourth-order valence-electron chi connectivity index (χ4n) is 2.09. The lowest BCUT2D eigenvalue weighted by Crippen LogP contribution is -2.42. The number of rotatable bonds is 5. The molecule has 0 aromatic heterocycles. The van der Waals surface area contributed by atoms with Crippen LogP contribution in [0, 0.1) is 0 Å². The van der Waals surface area contributed by atoms with Crippen LogP contribution in [0.3, 0.4) is 0 Å². The van der Waals surface area contributed by atoms with Gasteiger partial charge in [-0.05, 0) is 31.7 Å². The van der Waals surface area contributed by atoms with Crippen molar-refractivity contribution in [1.82, 2.24) is 10.2 Å². The van der Waals surface area contributed by atoms with Crippen LogP contribution in [0.2, 0.25) is 0 Å². The van der Waals surface area contributed by atoms with E-state index in [-0.39, 0.29) is 18.6 Å². The first-order valence-corrected chi connectivity index (χ1v) is 6.96. The van der Waals surface area contributed by atoms with E-state index in [4.69, 9.17) is 9.47 Å². The molecule has 1 saturated heterocycles. The van der Waals surface area contributed by atoms with Crippen LogP contribution in [0.5, 0.6) is 5.75 Å². The first-order valence-electron chi connectivity index (χ1n) is 6.96. The molecule has 1 aliphatic heterocycles. The molecule has 1 N–H and O–H groups in total. The van der Waals surface area contributed by atoms with Crippen molar-refractivity contribution in [3.8, 4) is 5.75 Å². The van der Waals surface area contributed by atoms with Gasteiger partial charge in [0.1, 0.15) is 5.75 Å². The highest BCUT2D eigenvalue weighted by Crippen LogP contribution is 2.18. The Morgan fingerprint density at radius 2 is 2.20 bits per heavy atom. The van der Waals surface area contributed by atoms with Crippen LogP contribution in [0.4, 0.5) is 0 Å². The quantitative estimate of drug-likeness (QED) is 0.879. The number of amides is 1.